The van der Waals surface area contributed by atoms with E-state index in [1.165, 1.54) is 17.8 Å². The number of hydrogen-bond acceptors (Lipinski definition) is 8. The maximum atomic E-state index is 12.7. The first kappa shape index (κ1) is 18.7. The summed E-state index contributed by atoms with van der Waals surface area (Å²) in [6, 6.07) is 3.90. The smallest absolute Gasteiger partial charge is 0.324 e. The monoisotopic (exact) mass is 400 g/mol. The summed E-state index contributed by atoms with van der Waals surface area (Å²) in [7, 11) is 0. The lowest BCUT2D eigenvalue weighted by molar-refractivity contribution is -0.759. The molecule has 0 atom stereocenters. The Morgan fingerprint density at radius 3 is 2.89 bits per heavy atom. The van der Waals surface area contributed by atoms with E-state index < -0.39 is 5.90 Å². The molecular formula is C19H24N6O2S. The van der Waals surface area contributed by atoms with E-state index in [1.807, 2.05) is 12.1 Å². The van der Waals surface area contributed by atoms with Gasteiger partial charge in [0.2, 0.25) is 5.27 Å². The Hall–Kier alpha value is -2.68. The van der Waals surface area contributed by atoms with Gasteiger partial charge in [-0.1, -0.05) is 13.8 Å². The molecule has 9 heteroatoms. The van der Waals surface area contributed by atoms with Crippen LogP contribution in [0.4, 0.5) is 11.6 Å². The molecular weight excluding hydrogens is 376 g/mol. The first-order valence-corrected chi connectivity index (χ1v) is 10.4. The molecule has 4 rings (SSSR count). The Balaban J connectivity index is 1.60. The van der Waals surface area contributed by atoms with Crippen LogP contribution in [0.2, 0.25) is 0 Å². The molecule has 8 nitrogen and oxygen atoms in total. The molecule has 0 radical (unpaired) electrons. The molecule has 0 unspecified atom stereocenters. The quantitative estimate of drug-likeness (QED) is 0.398. The Morgan fingerprint density at radius 2 is 2.14 bits per heavy atom. The fourth-order valence-corrected chi connectivity index (χ4v) is 4.37. The molecule has 1 aliphatic rings. The molecule has 148 valence electrons. The maximum Gasteiger partial charge on any atom is 0.324 e. The van der Waals surface area contributed by atoms with Crippen molar-refractivity contribution < 1.29 is 14.4 Å². The molecule has 0 amide bonds. The number of anilines is 1. The molecule has 0 aromatic carbocycles. The average Bonchev–Trinajstić information content (AvgIpc) is 3.26. The third kappa shape index (κ3) is 3.80. The standard InChI is InChI=1S/C19H24N6O2S/c1-12(2)10-13-6-7-14-16(20)17(28-19(14)21-13)18(26)22-15-11-25(23-27-15)24-8-4-3-5-9-24/h6-7,11-12H,3-5,8-10H2,1-2H3,(H2-,20,22,23,26). The number of fused-ring (bicyclic) bond motifs is 1. The summed E-state index contributed by atoms with van der Waals surface area (Å²) in [5.74, 6) is 0.241. The van der Waals surface area contributed by atoms with Crippen LogP contribution in [0, 0.1) is 5.92 Å². The van der Waals surface area contributed by atoms with E-state index in [0.717, 1.165) is 48.3 Å². The number of aromatic nitrogens is 3. The molecule has 1 aliphatic heterocycles. The Labute approximate surface area is 167 Å². The molecule has 28 heavy (non-hydrogen) atoms. The molecule has 0 bridgehead atoms. The fraction of sp³-hybridized carbons (Fsp3) is 0.474. The summed E-state index contributed by atoms with van der Waals surface area (Å²) in [5, 5.41) is 19.5. The Bertz CT molecular complexity index is 1000. The van der Waals surface area contributed by atoms with Crippen molar-refractivity contribution in [2.75, 3.05) is 23.8 Å². The van der Waals surface area contributed by atoms with Crippen LogP contribution in [0.1, 0.15) is 43.7 Å². The SMILES string of the molecule is CC(C)Cc1ccc2c(N)c(/C([O-])=N/c3c[n+](N4CCCCC4)no3)sc2n1. The van der Waals surface area contributed by atoms with E-state index in [0.29, 0.717) is 16.5 Å². The van der Waals surface area contributed by atoms with Gasteiger partial charge in [0.1, 0.15) is 4.83 Å². The number of hydrogen-bond donors (Lipinski definition) is 1. The molecule has 3 aromatic heterocycles. The molecule has 0 aliphatic carbocycles. The van der Waals surface area contributed by atoms with Crippen molar-refractivity contribution in [3.8, 4) is 0 Å². The Kier molecular flexibility index (Phi) is 5.17. The second kappa shape index (κ2) is 7.75. The summed E-state index contributed by atoms with van der Waals surface area (Å²) < 4.78 is 5.22. The number of aliphatic imine (C=N–C) groups is 1. The third-order valence-electron chi connectivity index (χ3n) is 4.74. The van der Waals surface area contributed by atoms with Crippen LogP contribution < -0.4 is 20.6 Å². The van der Waals surface area contributed by atoms with Crippen molar-refractivity contribution in [3.63, 3.8) is 0 Å². The zero-order valence-corrected chi connectivity index (χ0v) is 16.9. The number of nitrogens with two attached hydrogens (primary N) is 1. The lowest BCUT2D eigenvalue weighted by atomic mass is 10.1. The van der Waals surface area contributed by atoms with Gasteiger partial charge < -0.3 is 10.8 Å². The summed E-state index contributed by atoms with van der Waals surface area (Å²) in [4.78, 5) is 11.5. The highest BCUT2D eigenvalue weighted by Crippen LogP contribution is 2.33. The number of piperidine rings is 1. The van der Waals surface area contributed by atoms with Crippen LogP contribution in [0.3, 0.4) is 0 Å². The summed E-state index contributed by atoms with van der Waals surface area (Å²) in [6.07, 6.45) is 5.98. The topological polar surface area (TPSA) is 107 Å². The predicted molar refractivity (Wildman–Crippen MR) is 107 cm³/mol. The zero-order chi connectivity index (χ0) is 19.7. The highest BCUT2D eigenvalue weighted by molar-refractivity contribution is 7.21. The van der Waals surface area contributed by atoms with Crippen LogP contribution in [0.5, 0.6) is 0 Å². The van der Waals surface area contributed by atoms with Gasteiger partial charge in [-0.3, -0.25) is 4.52 Å². The first-order chi connectivity index (χ1) is 13.5. The number of rotatable bonds is 5. The van der Waals surface area contributed by atoms with Gasteiger partial charge in [0, 0.05) is 17.0 Å². The molecule has 0 saturated carbocycles. The molecule has 3 aromatic rings. The van der Waals surface area contributed by atoms with Gasteiger partial charge >= 0.3 is 5.88 Å². The van der Waals surface area contributed by atoms with E-state index in [4.69, 9.17) is 10.3 Å². The second-order valence-electron chi connectivity index (χ2n) is 7.49. The minimum Gasteiger partial charge on any atom is -0.857 e. The van der Waals surface area contributed by atoms with Crippen LogP contribution in [0.15, 0.2) is 27.8 Å². The van der Waals surface area contributed by atoms with Gasteiger partial charge in [-0.2, -0.15) is 5.01 Å². The number of nitrogens with zero attached hydrogens (tertiary/aromatic N) is 5. The van der Waals surface area contributed by atoms with Crippen molar-refractivity contribution in [2.45, 2.75) is 39.5 Å². The Morgan fingerprint density at radius 1 is 1.36 bits per heavy atom. The van der Waals surface area contributed by atoms with Crippen molar-refractivity contribution in [1.29, 1.82) is 0 Å². The van der Waals surface area contributed by atoms with Crippen molar-refractivity contribution in [2.24, 2.45) is 10.9 Å². The van der Waals surface area contributed by atoms with E-state index in [9.17, 15) is 5.11 Å². The second-order valence-corrected chi connectivity index (χ2v) is 8.49. The van der Waals surface area contributed by atoms with E-state index in [-0.39, 0.29) is 5.88 Å². The number of thiophene rings is 1. The summed E-state index contributed by atoms with van der Waals surface area (Å²) in [5.41, 5.74) is 7.61. The zero-order valence-electron chi connectivity index (χ0n) is 16.1. The minimum absolute atomic E-state index is 0.167. The van der Waals surface area contributed by atoms with Crippen LogP contribution >= 0.6 is 11.3 Å². The van der Waals surface area contributed by atoms with Crippen LogP contribution in [-0.4, -0.2) is 29.2 Å². The maximum absolute atomic E-state index is 12.7. The molecule has 2 N–H and O–H groups in total. The number of nitrogen functional groups attached to an aromatic ring is 1. The van der Waals surface area contributed by atoms with Crippen molar-refractivity contribution in [3.05, 3.63) is 28.9 Å². The number of pyridine rings is 1. The van der Waals surface area contributed by atoms with Gasteiger partial charge in [-0.15, -0.1) is 11.3 Å². The third-order valence-corrected chi connectivity index (χ3v) is 5.84. The van der Waals surface area contributed by atoms with Gasteiger partial charge in [0.05, 0.1) is 28.4 Å². The minimum atomic E-state index is -0.437. The van der Waals surface area contributed by atoms with E-state index >= 15 is 0 Å². The lowest BCUT2D eigenvalue weighted by Gasteiger charge is -2.17. The van der Waals surface area contributed by atoms with E-state index in [1.54, 1.807) is 11.0 Å². The van der Waals surface area contributed by atoms with Gasteiger partial charge in [0.15, 0.2) is 0 Å². The van der Waals surface area contributed by atoms with Crippen LogP contribution in [-0.2, 0) is 6.42 Å². The van der Waals surface area contributed by atoms with Gasteiger partial charge in [-0.25, -0.2) is 9.98 Å². The molecule has 1 fully saturated rings. The fourth-order valence-electron chi connectivity index (χ4n) is 3.37. The van der Waals surface area contributed by atoms with Crippen molar-refractivity contribution >= 4 is 39.0 Å². The largest absolute Gasteiger partial charge is 0.857 e. The summed E-state index contributed by atoms with van der Waals surface area (Å²) >= 11 is 1.27. The predicted octanol–water partition coefficient (Wildman–Crippen LogP) is 1.91. The van der Waals surface area contributed by atoms with Gasteiger partial charge in [-0.05, 0) is 43.7 Å². The average molecular weight is 401 g/mol. The highest BCUT2D eigenvalue weighted by atomic mass is 32.1. The summed E-state index contributed by atoms with van der Waals surface area (Å²) in [6.45, 7) is 6.13. The molecule has 1 saturated heterocycles. The first-order valence-electron chi connectivity index (χ1n) is 9.59. The van der Waals surface area contributed by atoms with Gasteiger partial charge in [0.25, 0.3) is 6.20 Å². The molecule has 4 heterocycles. The lowest BCUT2D eigenvalue weighted by Crippen LogP contribution is -2.60. The normalized spacial score (nSPS) is 15.7. The van der Waals surface area contributed by atoms with Crippen molar-refractivity contribution in [1.82, 2.24) is 10.3 Å². The van der Waals surface area contributed by atoms with Crippen LogP contribution in [0.25, 0.3) is 10.2 Å². The molecule has 0 spiro atoms. The highest BCUT2D eigenvalue weighted by Gasteiger charge is 2.22. The van der Waals surface area contributed by atoms with E-state index in [2.05, 4.69) is 34.1 Å².